The molecule has 27 heavy (non-hydrogen) atoms. The molecular weight excluding hydrogens is 374 g/mol. The van der Waals surface area contributed by atoms with Gasteiger partial charge in [-0.3, -0.25) is 14.4 Å². The summed E-state index contributed by atoms with van der Waals surface area (Å²) in [5.41, 5.74) is 16.3. The van der Waals surface area contributed by atoms with Crippen molar-refractivity contribution >= 4 is 35.5 Å². The predicted molar refractivity (Wildman–Crippen MR) is 104 cm³/mol. The van der Waals surface area contributed by atoms with Gasteiger partial charge in [0.15, 0.2) is 0 Å². The molecule has 3 unspecified atom stereocenters. The highest BCUT2D eigenvalue weighted by Crippen LogP contribution is 2.05. The van der Waals surface area contributed by atoms with Gasteiger partial charge in [0.05, 0.1) is 6.04 Å². The molecule has 0 saturated heterocycles. The van der Waals surface area contributed by atoms with Crippen LogP contribution in [-0.4, -0.2) is 65.5 Å². The molecule has 11 heteroatoms. The number of hydrogen-bond acceptors (Lipinski definition) is 7. The van der Waals surface area contributed by atoms with E-state index in [1.807, 2.05) is 6.26 Å². The summed E-state index contributed by atoms with van der Waals surface area (Å²) < 4.78 is 0. The Labute approximate surface area is 163 Å². The van der Waals surface area contributed by atoms with Crippen LogP contribution in [-0.2, 0) is 19.2 Å². The van der Waals surface area contributed by atoms with Crippen molar-refractivity contribution in [3.63, 3.8) is 0 Å². The molecule has 3 amide bonds. The van der Waals surface area contributed by atoms with Crippen LogP contribution in [0.15, 0.2) is 0 Å². The Bertz CT molecular complexity index is 506. The number of carbonyl (C=O) groups is 4. The molecule has 0 bridgehead atoms. The van der Waals surface area contributed by atoms with Crippen LogP contribution >= 0.6 is 11.8 Å². The standard InChI is InChI=1S/C16H31N5O5S/c1-27-9-7-10(18)14(23)20-11(4-2-3-8-17)15(24)21-12(16(25)26)5-6-13(19)22/h10-12H,2-9,17-18H2,1H3,(H2,19,22)(H,20,23)(H,21,24)(H,25,26). The number of aliphatic carboxylic acids is 1. The average Bonchev–Trinajstić information content (AvgIpc) is 2.61. The second kappa shape index (κ2) is 14.2. The van der Waals surface area contributed by atoms with Gasteiger partial charge in [0.2, 0.25) is 17.7 Å². The van der Waals surface area contributed by atoms with Crippen molar-refractivity contribution in [2.24, 2.45) is 17.2 Å². The summed E-state index contributed by atoms with van der Waals surface area (Å²) in [6, 6.07) is -2.96. The van der Waals surface area contributed by atoms with E-state index < -0.39 is 41.8 Å². The minimum absolute atomic E-state index is 0.132. The molecule has 0 aliphatic rings. The fourth-order valence-electron chi connectivity index (χ4n) is 2.23. The Kier molecular flexibility index (Phi) is 13.3. The van der Waals surface area contributed by atoms with Crippen molar-refractivity contribution in [3.8, 4) is 0 Å². The third kappa shape index (κ3) is 11.5. The number of carboxylic acids is 1. The average molecular weight is 406 g/mol. The van der Waals surface area contributed by atoms with Gasteiger partial charge in [-0.2, -0.15) is 11.8 Å². The van der Waals surface area contributed by atoms with E-state index in [1.54, 1.807) is 11.8 Å². The molecule has 10 nitrogen and oxygen atoms in total. The fraction of sp³-hybridized carbons (Fsp3) is 0.750. The highest BCUT2D eigenvalue weighted by atomic mass is 32.2. The summed E-state index contributed by atoms with van der Waals surface area (Å²) in [6.45, 7) is 0.436. The predicted octanol–water partition coefficient (Wildman–Crippen LogP) is -1.48. The zero-order chi connectivity index (χ0) is 20.8. The lowest BCUT2D eigenvalue weighted by molar-refractivity contribution is -0.142. The summed E-state index contributed by atoms with van der Waals surface area (Å²) in [6.07, 6.45) is 3.57. The van der Waals surface area contributed by atoms with Crippen LogP contribution in [0.4, 0.5) is 0 Å². The molecule has 0 aliphatic heterocycles. The summed E-state index contributed by atoms with van der Waals surface area (Å²) in [5.74, 6) is -2.36. The Hall–Kier alpha value is -1.85. The first-order valence-corrected chi connectivity index (χ1v) is 10.2. The fourth-order valence-corrected chi connectivity index (χ4v) is 2.72. The Balaban J connectivity index is 4.96. The van der Waals surface area contributed by atoms with Gasteiger partial charge in [0.25, 0.3) is 0 Å². The second-order valence-electron chi connectivity index (χ2n) is 6.14. The lowest BCUT2D eigenvalue weighted by atomic mass is 10.1. The molecule has 0 spiro atoms. The van der Waals surface area contributed by atoms with Crippen molar-refractivity contribution in [2.75, 3.05) is 18.6 Å². The van der Waals surface area contributed by atoms with E-state index in [9.17, 15) is 24.3 Å². The molecule has 0 fully saturated rings. The summed E-state index contributed by atoms with van der Waals surface area (Å²) in [4.78, 5) is 46.8. The molecule has 0 heterocycles. The number of carboxylic acid groups (broad SMARTS) is 1. The van der Waals surface area contributed by atoms with E-state index in [0.29, 0.717) is 38.0 Å². The van der Waals surface area contributed by atoms with Crippen LogP contribution < -0.4 is 27.8 Å². The summed E-state index contributed by atoms with van der Waals surface area (Å²) in [7, 11) is 0. The van der Waals surface area contributed by atoms with Gasteiger partial charge in [-0.25, -0.2) is 4.79 Å². The maximum atomic E-state index is 12.5. The summed E-state index contributed by atoms with van der Waals surface area (Å²) >= 11 is 1.55. The van der Waals surface area contributed by atoms with Crippen LogP contribution in [0.25, 0.3) is 0 Å². The number of primary amides is 1. The number of unbranched alkanes of at least 4 members (excludes halogenated alkanes) is 1. The van der Waals surface area contributed by atoms with E-state index >= 15 is 0 Å². The van der Waals surface area contributed by atoms with E-state index in [0.717, 1.165) is 0 Å². The van der Waals surface area contributed by atoms with E-state index in [-0.39, 0.29) is 12.8 Å². The first-order chi connectivity index (χ1) is 12.7. The first kappa shape index (κ1) is 25.1. The van der Waals surface area contributed by atoms with Crippen molar-refractivity contribution < 1.29 is 24.3 Å². The third-order valence-electron chi connectivity index (χ3n) is 3.84. The van der Waals surface area contributed by atoms with Gasteiger partial charge >= 0.3 is 5.97 Å². The van der Waals surface area contributed by atoms with Crippen molar-refractivity contribution in [1.82, 2.24) is 10.6 Å². The molecule has 0 rings (SSSR count). The van der Waals surface area contributed by atoms with Gasteiger partial charge in [0.1, 0.15) is 12.1 Å². The second-order valence-corrected chi connectivity index (χ2v) is 7.12. The zero-order valence-corrected chi connectivity index (χ0v) is 16.4. The van der Waals surface area contributed by atoms with E-state index in [1.165, 1.54) is 0 Å². The highest BCUT2D eigenvalue weighted by molar-refractivity contribution is 7.98. The molecule has 0 aromatic heterocycles. The zero-order valence-electron chi connectivity index (χ0n) is 15.6. The Morgan fingerprint density at radius 2 is 1.63 bits per heavy atom. The summed E-state index contributed by atoms with van der Waals surface area (Å²) in [5, 5.41) is 14.1. The van der Waals surface area contributed by atoms with Crippen LogP contribution in [0, 0.1) is 0 Å². The number of carbonyl (C=O) groups excluding carboxylic acids is 3. The van der Waals surface area contributed by atoms with Gasteiger partial charge in [-0.15, -0.1) is 0 Å². The van der Waals surface area contributed by atoms with Crippen LogP contribution in [0.1, 0.15) is 38.5 Å². The number of hydrogen-bond donors (Lipinski definition) is 6. The number of rotatable bonds is 15. The number of nitrogens with two attached hydrogens (primary N) is 3. The number of amides is 3. The molecule has 0 aliphatic carbocycles. The minimum atomic E-state index is -1.28. The maximum Gasteiger partial charge on any atom is 0.326 e. The van der Waals surface area contributed by atoms with Gasteiger partial charge in [-0.05, 0) is 50.7 Å². The van der Waals surface area contributed by atoms with Crippen LogP contribution in [0.5, 0.6) is 0 Å². The maximum absolute atomic E-state index is 12.5. The Morgan fingerprint density at radius 3 is 2.15 bits per heavy atom. The van der Waals surface area contributed by atoms with Crippen LogP contribution in [0.3, 0.4) is 0 Å². The molecule has 0 aromatic rings. The number of nitrogens with one attached hydrogen (secondary N) is 2. The van der Waals surface area contributed by atoms with E-state index in [2.05, 4.69) is 10.6 Å². The molecule has 0 aromatic carbocycles. The molecule has 156 valence electrons. The van der Waals surface area contributed by atoms with Gasteiger partial charge in [-0.1, -0.05) is 0 Å². The Morgan fingerprint density at radius 1 is 1.00 bits per heavy atom. The minimum Gasteiger partial charge on any atom is -0.480 e. The molecule has 0 saturated carbocycles. The highest BCUT2D eigenvalue weighted by Gasteiger charge is 2.27. The molecular formula is C16H31N5O5S. The number of thioether (sulfide) groups is 1. The monoisotopic (exact) mass is 405 g/mol. The first-order valence-electron chi connectivity index (χ1n) is 8.79. The van der Waals surface area contributed by atoms with Crippen LogP contribution in [0.2, 0.25) is 0 Å². The topological polar surface area (TPSA) is 191 Å². The molecule has 3 atom stereocenters. The normalized spacial score (nSPS) is 14.0. The van der Waals surface area contributed by atoms with Crippen molar-refractivity contribution in [1.29, 1.82) is 0 Å². The van der Waals surface area contributed by atoms with E-state index in [4.69, 9.17) is 17.2 Å². The van der Waals surface area contributed by atoms with Crippen molar-refractivity contribution in [2.45, 2.75) is 56.7 Å². The van der Waals surface area contributed by atoms with Crippen molar-refractivity contribution in [3.05, 3.63) is 0 Å². The SMILES string of the molecule is CSCCC(N)C(=O)NC(CCCCN)C(=O)NC(CCC(N)=O)C(=O)O. The third-order valence-corrected chi connectivity index (χ3v) is 4.49. The lowest BCUT2D eigenvalue weighted by Gasteiger charge is -2.23. The quantitative estimate of drug-likeness (QED) is 0.178. The lowest BCUT2D eigenvalue weighted by Crippen LogP contribution is -2.54. The smallest absolute Gasteiger partial charge is 0.326 e. The van der Waals surface area contributed by atoms with Gasteiger partial charge in [0, 0.05) is 6.42 Å². The molecule has 0 radical (unpaired) electrons. The molecule has 9 N–H and O–H groups in total. The van der Waals surface area contributed by atoms with Gasteiger partial charge < -0.3 is 32.9 Å². The largest absolute Gasteiger partial charge is 0.480 e.